The molecule has 0 atom stereocenters. The van der Waals surface area contributed by atoms with Gasteiger partial charge in [-0.25, -0.2) is 0 Å². The van der Waals surface area contributed by atoms with Crippen molar-refractivity contribution >= 4 is 17.7 Å². The summed E-state index contributed by atoms with van der Waals surface area (Å²) in [7, 11) is 5.91. The molecule has 136 valence electrons. The molecule has 0 aliphatic rings. The second-order valence-electron chi connectivity index (χ2n) is 5.74. The summed E-state index contributed by atoms with van der Waals surface area (Å²) in [6, 6.07) is 8.71. The number of hydrogen-bond acceptors (Lipinski definition) is 4. The quantitative estimate of drug-likeness (QED) is 0.398. The van der Waals surface area contributed by atoms with Crippen molar-refractivity contribution in [3.63, 3.8) is 0 Å². The highest BCUT2D eigenvalue weighted by molar-refractivity contribution is 7.98. The van der Waals surface area contributed by atoms with E-state index < -0.39 is 0 Å². The van der Waals surface area contributed by atoms with Crippen molar-refractivity contribution in [3.8, 4) is 0 Å². The number of nitrogens with zero attached hydrogens (tertiary/aromatic N) is 3. The Morgan fingerprint density at radius 1 is 1.21 bits per heavy atom. The smallest absolute Gasteiger partial charge is 0.194 e. The summed E-state index contributed by atoms with van der Waals surface area (Å²) in [5, 5.41) is 3.37. The number of nitrogens with one attached hydrogen (secondary N) is 1. The molecular formula is C18H32N4OS. The van der Waals surface area contributed by atoms with Crippen LogP contribution in [0.1, 0.15) is 12.5 Å². The van der Waals surface area contributed by atoms with E-state index in [4.69, 9.17) is 9.73 Å². The van der Waals surface area contributed by atoms with Crippen LogP contribution in [0, 0.1) is 0 Å². The molecule has 0 amide bonds. The SMILES string of the molecule is CCNC(=NCCN(C)CCOC)N(C)Cc1ccc(SC)cc1. The Balaban J connectivity index is 2.56. The third-order valence-electron chi connectivity index (χ3n) is 3.70. The average molecular weight is 353 g/mol. The lowest BCUT2D eigenvalue weighted by Crippen LogP contribution is -2.39. The minimum Gasteiger partial charge on any atom is -0.383 e. The van der Waals surface area contributed by atoms with Crippen LogP contribution in [0.3, 0.4) is 0 Å². The lowest BCUT2D eigenvalue weighted by molar-refractivity contribution is 0.163. The van der Waals surface area contributed by atoms with E-state index in [9.17, 15) is 0 Å². The number of likely N-dealkylation sites (N-methyl/N-ethyl adjacent to an activating group) is 1. The average Bonchev–Trinajstić information content (AvgIpc) is 2.59. The number of aliphatic imine (C=N–C) groups is 1. The minimum absolute atomic E-state index is 0.756. The van der Waals surface area contributed by atoms with Crippen LogP contribution in [0.4, 0.5) is 0 Å². The summed E-state index contributed by atoms with van der Waals surface area (Å²) in [6.07, 6.45) is 2.10. The van der Waals surface area contributed by atoms with Crippen LogP contribution in [0.25, 0.3) is 0 Å². The molecule has 6 heteroatoms. The van der Waals surface area contributed by atoms with E-state index >= 15 is 0 Å². The first-order valence-corrected chi connectivity index (χ1v) is 9.63. The highest BCUT2D eigenvalue weighted by atomic mass is 32.2. The number of rotatable bonds is 10. The van der Waals surface area contributed by atoms with Gasteiger partial charge in [-0.15, -0.1) is 11.8 Å². The predicted molar refractivity (Wildman–Crippen MR) is 105 cm³/mol. The van der Waals surface area contributed by atoms with Crippen LogP contribution in [0.5, 0.6) is 0 Å². The highest BCUT2D eigenvalue weighted by Gasteiger charge is 2.07. The lowest BCUT2D eigenvalue weighted by atomic mass is 10.2. The Bertz CT molecular complexity index is 478. The van der Waals surface area contributed by atoms with Gasteiger partial charge in [0.1, 0.15) is 0 Å². The molecule has 0 radical (unpaired) electrons. The molecule has 1 aromatic carbocycles. The summed E-state index contributed by atoms with van der Waals surface area (Å²) in [6.45, 7) is 7.20. The second kappa shape index (κ2) is 12.2. The van der Waals surface area contributed by atoms with Gasteiger partial charge in [0.25, 0.3) is 0 Å². The van der Waals surface area contributed by atoms with Crippen molar-refractivity contribution in [3.05, 3.63) is 29.8 Å². The molecule has 24 heavy (non-hydrogen) atoms. The molecule has 0 bridgehead atoms. The van der Waals surface area contributed by atoms with E-state index in [1.807, 2.05) is 0 Å². The van der Waals surface area contributed by atoms with Gasteiger partial charge in [0.2, 0.25) is 0 Å². The summed E-state index contributed by atoms with van der Waals surface area (Å²) >= 11 is 1.77. The van der Waals surface area contributed by atoms with E-state index in [0.717, 1.165) is 45.3 Å². The van der Waals surface area contributed by atoms with Crippen molar-refractivity contribution in [2.24, 2.45) is 4.99 Å². The number of benzene rings is 1. The molecule has 0 aliphatic carbocycles. The number of hydrogen-bond donors (Lipinski definition) is 1. The molecule has 5 nitrogen and oxygen atoms in total. The molecule has 0 saturated carbocycles. The van der Waals surface area contributed by atoms with Gasteiger partial charge >= 0.3 is 0 Å². The van der Waals surface area contributed by atoms with Crippen molar-refractivity contribution in [1.29, 1.82) is 0 Å². The van der Waals surface area contributed by atoms with Crippen LogP contribution in [0.15, 0.2) is 34.2 Å². The Morgan fingerprint density at radius 3 is 2.50 bits per heavy atom. The third-order valence-corrected chi connectivity index (χ3v) is 4.44. The Labute approximate surface area is 151 Å². The zero-order valence-corrected chi connectivity index (χ0v) is 16.5. The van der Waals surface area contributed by atoms with Crippen LogP contribution in [-0.2, 0) is 11.3 Å². The Kier molecular flexibility index (Phi) is 10.5. The molecule has 1 N–H and O–H groups in total. The van der Waals surface area contributed by atoms with Crippen LogP contribution in [-0.4, -0.2) is 76.0 Å². The molecule has 0 heterocycles. The fourth-order valence-electron chi connectivity index (χ4n) is 2.23. The van der Waals surface area contributed by atoms with Gasteiger partial charge in [-0.3, -0.25) is 4.99 Å². The highest BCUT2D eigenvalue weighted by Crippen LogP contribution is 2.15. The van der Waals surface area contributed by atoms with Crippen molar-refractivity contribution in [1.82, 2.24) is 15.1 Å². The van der Waals surface area contributed by atoms with Crippen LogP contribution < -0.4 is 5.32 Å². The van der Waals surface area contributed by atoms with E-state index in [-0.39, 0.29) is 0 Å². The summed E-state index contributed by atoms with van der Waals surface area (Å²) in [4.78, 5) is 10.4. The van der Waals surface area contributed by atoms with Crippen molar-refractivity contribution < 1.29 is 4.74 Å². The maximum Gasteiger partial charge on any atom is 0.194 e. The van der Waals surface area contributed by atoms with E-state index in [0.29, 0.717) is 0 Å². The van der Waals surface area contributed by atoms with Crippen LogP contribution >= 0.6 is 11.8 Å². The predicted octanol–water partition coefficient (Wildman–Crippen LogP) is 2.38. The zero-order chi connectivity index (χ0) is 17.8. The van der Waals surface area contributed by atoms with Crippen molar-refractivity contribution in [2.75, 3.05) is 60.2 Å². The van der Waals surface area contributed by atoms with Gasteiger partial charge in [-0.1, -0.05) is 12.1 Å². The fraction of sp³-hybridized carbons (Fsp3) is 0.611. The van der Waals surface area contributed by atoms with Crippen LogP contribution in [0.2, 0.25) is 0 Å². The fourth-order valence-corrected chi connectivity index (χ4v) is 2.64. The standard InChI is InChI=1S/C18H32N4OS/c1-6-19-18(20-11-12-21(2)13-14-23-4)22(3)15-16-7-9-17(24-5)10-8-16/h7-10H,6,11-15H2,1-5H3,(H,19,20). The first-order valence-electron chi connectivity index (χ1n) is 8.40. The monoisotopic (exact) mass is 352 g/mol. The van der Waals surface area contributed by atoms with Gasteiger partial charge < -0.3 is 19.9 Å². The minimum atomic E-state index is 0.756. The molecule has 0 fully saturated rings. The van der Waals surface area contributed by atoms with Gasteiger partial charge in [-0.05, 0) is 37.9 Å². The molecule has 0 aliphatic heterocycles. The molecule has 1 aromatic rings. The molecule has 0 spiro atoms. The molecule has 0 unspecified atom stereocenters. The van der Waals surface area contributed by atoms with Gasteiger partial charge in [0, 0.05) is 45.2 Å². The summed E-state index contributed by atoms with van der Waals surface area (Å²) in [5.41, 5.74) is 1.29. The molecule has 0 aromatic heterocycles. The third kappa shape index (κ3) is 8.04. The number of methoxy groups -OCH3 is 1. The van der Waals surface area contributed by atoms with E-state index in [1.54, 1.807) is 18.9 Å². The Hall–Kier alpha value is -1.24. The second-order valence-corrected chi connectivity index (χ2v) is 6.62. The van der Waals surface area contributed by atoms with E-state index in [1.165, 1.54) is 10.5 Å². The van der Waals surface area contributed by atoms with Gasteiger partial charge in [-0.2, -0.15) is 0 Å². The largest absolute Gasteiger partial charge is 0.383 e. The Morgan fingerprint density at radius 2 is 1.92 bits per heavy atom. The molecule has 0 saturated heterocycles. The zero-order valence-electron chi connectivity index (χ0n) is 15.7. The summed E-state index contributed by atoms with van der Waals surface area (Å²) in [5.74, 6) is 0.951. The number of guanidine groups is 1. The molecular weight excluding hydrogens is 320 g/mol. The normalized spacial score (nSPS) is 11.8. The lowest BCUT2D eigenvalue weighted by Gasteiger charge is -2.23. The van der Waals surface area contributed by atoms with Gasteiger partial charge in [0.05, 0.1) is 13.2 Å². The maximum atomic E-state index is 5.10. The molecule has 1 rings (SSSR count). The number of thioether (sulfide) groups is 1. The first-order chi connectivity index (χ1) is 11.6. The van der Waals surface area contributed by atoms with Crippen molar-refractivity contribution in [2.45, 2.75) is 18.4 Å². The number of ether oxygens (including phenoxy) is 1. The first kappa shape index (κ1) is 20.8. The summed E-state index contributed by atoms with van der Waals surface area (Å²) < 4.78 is 5.10. The topological polar surface area (TPSA) is 40.1 Å². The van der Waals surface area contributed by atoms with E-state index in [2.05, 4.69) is 66.7 Å². The maximum absolute atomic E-state index is 5.10. The van der Waals surface area contributed by atoms with Gasteiger partial charge in [0.15, 0.2) is 5.96 Å².